The molecule has 0 saturated carbocycles. The van der Waals surface area contributed by atoms with E-state index in [4.69, 9.17) is 11.6 Å². The summed E-state index contributed by atoms with van der Waals surface area (Å²) in [6.07, 6.45) is 2.19. The van der Waals surface area contributed by atoms with Crippen LogP contribution in [0.1, 0.15) is 30.0 Å². The molecule has 0 bridgehead atoms. The monoisotopic (exact) mass is 317 g/mol. The van der Waals surface area contributed by atoms with E-state index >= 15 is 0 Å². The summed E-state index contributed by atoms with van der Waals surface area (Å²) in [5.41, 5.74) is 1.84. The molecule has 2 aromatic carbocycles. The minimum atomic E-state index is -0.254. The first-order valence-electron chi connectivity index (χ1n) is 7.43. The van der Waals surface area contributed by atoms with Crippen LogP contribution in [0.3, 0.4) is 0 Å². The molecule has 0 radical (unpaired) electrons. The maximum atomic E-state index is 13.1. The third kappa shape index (κ3) is 3.14. The van der Waals surface area contributed by atoms with Crippen molar-refractivity contribution >= 4 is 17.5 Å². The van der Waals surface area contributed by atoms with Crippen LogP contribution < -0.4 is 0 Å². The second-order valence-corrected chi connectivity index (χ2v) is 5.97. The topological polar surface area (TPSA) is 20.3 Å². The highest BCUT2D eigenvalue weighted by Crippen LogP contribution is 2.32. The summed E-state index contributed by atoms with van der Waals surface area (Å²) >= 11 is 6.13. The Morgan fingerprint density at radius 2 is 1.91 bits per heavy atom. The zero-order chi connectivity index (χ0) is 15.5. The highest BCUT2D eigenvalue weighted by atomic mass is 35.5. The third-order valence-corrected chi connectivity index (χ3v) is 4.50. The first-order valence-corrected chi connectivity index (χ1v) is 7.81. The van der Waals surface area contributed by atoms with Gasteiger partial charge in [-0.05, 0) is 42.2 Å². The first-order chi connectivity index (χ1) is 10.6. The van der Waals surface area contributed by atoms with Crippen molar-refractivity contribution in [1.82, 2.24) is 4.90 Å². The van der Waals surface area contributed by atoms with E-state index in [9.17, 15) is 9.18 Å². The van der Waals surface area contributed by atoms with Crippen LogP contribution >= 0.6 is 11.6 Å². The smallest absolute Gasteiger partial charge is 0.227 e. The lowest BCUT2D eigenvalue weighted by atomic mass is 10.0. The average Bonchev–Trinajstić information content (AvgIpc) is 3.00. The highest BCUT2D eigenvalue weighted by molar-refractivity contribution is 6.31. The Morgan fingerprint density at radius 3 is 2.64 bits per heavy atom. The van der Waals surface area contributed by atoms with Crippen molar-refractivity contribution in [2.75, 3.05) is 6.54 Å². The Balaban J connectivity index is 1.76. The summed E-state index contributed by atoms with van der Waals surface area (Å²) in [5.74, 6) is -0.185. The summed E-state index contributed by atoms with van der Waals surface area (Å²) in [7, 11) is 0. The van der Waals surface area contributed by atoms with E-state index in [1.165, 1.54) is 12.1 Å². The Hall–Kier alpha value is -1.87. The Labute approximate surface area is 134 Å². The fourth-order valence-corrected chi connectivity index (χ4v) is 3.21. The van der Waals surface area contributed by atoms with Crippen LogP contribution in [0.2, 0.25) is 5.02 Å². The number of benzene rings is 2. The number of halogens is 2. The lowest BCUT2D eigenvalue weighted by Gasteiger charge is -2.25. The molecule has 0 aliphatic carbocycles. The molecule has 4 heteroatoms. The molecule has 1 aliphatic rings. The molecule has 2 aromatic rings. The summed E-state index contributed by atoms with van der Waals surface area (Å²) in [6, 6.07) is 13.9. The van der Waals surface area contributed by atoms with Gasteiger partial charge in [-0.3, -0.25) is 4.79 Å². The number of carbonyl (C=O) groups excluding carboxylic acids is 1. The van der Waals surface area contributed by atoms with Gasteiger partial charge in [-0.2, -0.15) is 0 Å². The molecule has 3 rings (SSSR count). The van der Waals surface area contributed by atoms with Crippen molar-refractivity contribution in [3.8, 4) is 0 Å². The molecule has 22 heavy (non-hydrogen) atoms. The molecule has 1 saturated heterocycles. The molecular formula is C18H17ClFNO. The van der Waals surface area contributed by atoms with Gasteiger partial charge in [0.15, 0.2) is 0 Å². The van der Waals surface area contributed by atoms with E-state index in [1.807, 2.05) is 23.1 Å². The summed E-state index contributed by atoms with van der Waals surface area (Å²) < 4.78 is 13.1. The van der Waals surface area contributed by atoms with Crippen molar-refractivity contribution in [2.45, 2.75) is 25.3 Å². The minimum Gasteiger partial charge on any atom is -0.335 e. The van der Waals surface area contributed by atoms with Crippen molar-refractivity contribution in [3.05, 3.63) is 70.5 Å². The molecule has 0 aromatic heterocycles. The van der Waals surface area contributed by atoms with Gasteiger partial charge >= 0.3 is 0 Å². The highest BCUT2D eigenvalue weighted by Gasteiger charge is 2.29. The van der Waals surface area contributed by atoms with Gasteiger partial charge in [-0.1, -0.05) is 41.9 Å². The minimum absolute atomic E-state index is 0.0376. The van der Waals surface area contributed by atoms with Gasteiger partial charge in [-0.25, -0.2) is 4.39 Å². The molecule has 0 unspecified atom stereocenters. The van der Waals surface area contributed by atoms with Gasteiger partial charge < -0.3 is 4.90 Å². The molecule has 1 amide bonds. The SMILES string of the molecule is O=C(Cc1ccccc1Cl)N1CCC[C@H]1c1ccc(F)cc1. The van der Waals surface area contributed by atoms with Crippen LogP contribution in [0.5, 0.6) is 0 Å². The lowest BCUT2D eigenvalue weighted by Crippen LogP contribution is -2.31. The molecule has 2 nitrogen and oxygen atoms in total. The quantitative estimate of drug-likeness (QED) is 0.822. The fraction of sp³-hybridized carbons (Fsp3) is 0.278. The summed E-state index contributed by atoms with van der Waals surface area (Å²) in [6.45, 7) is 0.741. The van der Waals surface area contributed by atoms with E-state index in [0.29, 0.717) is 11.4 Å². The number of nitrogens with zero attached hydrogens (tertiary/aromatic N) is 1. The molecule has 1 heterocycles. The molecule has 114 valence electrons. The number of hydrogen-bond donors (Lipinski definition) is 0. The average molecular weight is 318 g/mol. The van der Waals surface area contributed by atoms with Crippen LogP contribution in [0.4, 0.5) is 4.39 Å². The summed E-state index contributed by atoms with van der Waals surface area (Å²) in [4.78, 5) is 14.5. The van der Waals surface area contributed by atoms with E-state index in [2.05, 4.69) is 0 Å². The van der Waals surface area contributed by atoms with Gasteiger partial charge in [0.2, 0.25) is 5.91 Å². The number of amides is 1. The Kier molecular flexibility index (Phi) is 4.44. The molecule has 1 fully saturated rings. The standard InChI is InChI=1S/C18H17ClFNO/c19-16-5-2-1-4-14(16)12-18(22)21-11-3-6-17(21)13-7-9-15(20)10-8-13/h1-2,4-5,7-10,17H,3,6,11-12H2/t17-/m0/s1. The van der Waals surface area contributed by atoms with E-state index in [1.54, 1.807) is 18.2 Å². The Bertz CT molecular complexity index is 671. The van der Waals surface area contributed by atoms with Crippen molar-refractivity contribution < 1.29 is 9.18 Å². The fourth-order valence-electron chi connectivity index (χ4n) is 3.00. The number of rotatable bonds is 3. The van der Waals surface area contributed by atoms with Gasteiger partial charge in [-0.15, -0.1) is 0 Å². The number of likely N-dealkylation sites (tertiary alicyclic amines) is 1. The Morgan fingerprint density at radius 1 is 1.18 bits per heavy atom. The lowest BCUT2D eigenvalue weighted by molar-refractivity contribution is -0.131. The molecule has 0 N–H and O–H groups in total. The van der Waals surface area contributed by atoms with Crippen molar-refractivity contribution in [2.24, 2.45) is 0 Å². The largest absolute Gasteiger partial charge is 0.335 e. The maximum Gasteiger partial charge on any atom is 0.227 e. The zero-order valence-electron chi connectivity index (χ0n) is 12.1. The van der Waals surface area contributed by atoms with Crippen LogP contribution in [0, 0.1) is 5.82 Å². The normalized spacial score (nSPS) is 17.7. The van der Waals surface area contributed by atoms with E-state index in [0.717, 1.165) is 30.5 Å². The van der Waals surface area contributed by atoms with Crippen molar-refractivity contribution in [1.29, 1.82) is 0 Å². The van der Waals surface area contributed by atoms with Gasteiger partial charge in [0.25, 0.3) is 0 Å². The van der Waals surface area contributed by atoms with E-state index in [-0.39, 0.29) is 17.8 Å². The molecule has 1 aliphatic heterocycles. The predicted molar refractivity (Wildman–Crippen MR) is 85.2 cm³/mol. The van der Waals surface area contributed by atoms with Gasteiger partial charge in [0.1, 0.15) is 5.82 Å². The van der Waals surface area contributed by atoms with Crippen molar-refractivity contribution in [3.63, 3.8) is 0 Å². The van der Waals surface area contributed by atoms with E-state index < -0.39 is 0 Å². The zero-order valence-corrected chi connectivity index (χ0v) is 12.9. The van der Waals surface area contributed by atoms with Crippen LogP contribution in [0.15, 0.2) is 48.5 Å². The first kappa shape index (κ1) is 15.0. The van der Waals surface area contributed by atoms with Crippen LogP contribution in [0.25, 0.3) is 0 Å². The van der Waals surface area contributed by atoms with Gasteiger partial charge in [0.05, 0.1) is 12.5 Å². The number of carbonyl (C=O) groups is 1. The number of hydrogen-bond acceptors (Lipinski definition) is 1. The molecular weight excluding hydrogens is 301 g/mol. The summed E-state index contributed by atoms with van der Waals surface area (Å²) in [5, 5.41) is 0.619. The second kappa shape index (κ2) is 6.49. The predicted octanol–water partition coefficient (Wildman–Crippen LogP) is 4.39. The second-order valence-electron chi connectivity index (χ2n) is 5.56. The molecule has 0 spiro atoms. The maximum absolute atomic E-state index is 13.1. The van der Waals surface area contributed by atoms with Crippen LogP contribution in [-0.2, 0) is 11.2 Å². The van der Waals surface area contributed by atoms with Crippen LogP contribution in [-0.4, -0.2) is 17.4 Å². The van der Waals surface area contributed by atoms with Gasteiger partial charge in [0, 0.05) is 11.6 Å². The third-order valence-electron chi connectivity index (χ3n) is 4.13. The molecule has 1 atom stereocenters.